The average Bonchev–Trinajstić information content (AvgIpc) is 3.20. The number of nitrogens with one attached hydrogen (secondary N) is 1. The third kappa shape index (κ3) is 4.01. The quantitative estimate of drug-likeness (QED) is 0.871. The number of aromatic nitrogens is 2. The number of rotatable bonds is 6. The van der Waals surface area contributed by atoms with E-state index in [1.807, 2.05) is 42.0 Å². The molecule has 0 radical (unpaired) electrons. The van der Waals surface area contributed by atoms with Crippen molar-refractivity contribution in [1.29, 1.82) is 0 Å². The average molecular weight is 326 g/mol. The number of carbonyl (C=O) groups is 2. The van der Waals surface area contributed by atoms with Gasteiger partial charge in [-0.1, -0.05) is 29.8 Å². The van der Waals surface area contributed by atoms with E-state index in [1.54, 1.807) is 17.4 Å². The molecule has 1 N–H and O–H groups in total. The van der Waals surface area contributed by atoms with Crippen molar-refractivity contribution in [3.8, 4) is 0 Å². The normalized spacial score (nSPS) is 17.3. The summed E-state index contributed by atoms with van der Waals surface area (Å²) in [6.45, 7) is 4.31. The van der Waals surface area contributed by atoms with Crippen LogP contribution in [0.1, 0.15) is 17.5 Å². The Balaban J connectivity index is 1.48. The Morgan fingerprint density at radius 2 is 2.12 bits per heavy atom. The highest BCUT2D eigenvalue weighted by Crippen LogP contribution is 2.20. The van der Waals surface area contributed by atoms with Gasteiger partial charge in [0.25, 0.3) is 0 Å². The SMILES string of the molecule is Cc1ccc(CN2CC(C(=O)NCCn3ccnc3)CC2=O)cc1. The van der Waals surface area contributed by atoms with Gasteiger partial charge in [0.15, 0.2) is 0 Å². The van der Waals surface area contributed by atoms with Crippen molar-refractivity contribution in [2.45, 2.75) is 26.4 Å². The van der Waals surface area contributed by atoms with Crippen molar-refractivity contribution in [3.05, 3.63) is 54.1 Å². The molecule has 1 aliphatic rings. The molecule has 0 spiro atoms. The molecule has 24 heavy (non-hydrogen) atoms. The van der Waals surface area contributed by atoms with Crippen LogP contribution in [0.15, 0.2) is 43.0 Å². The lowest BCUT2D eigenvalue weighted by atomic mass is 10.1. The molecule has 6 heteroatoms. The summed E-state index contributed by atoms with van der Waals surface area (Å²) in [5, 5.41) is 2.91. The van der Waals surface area contributed by atoms with Crippen LogP contribution in [-0.4, -0.2) is 39.4 Å². The number of hydrogen-bond acceptors (Lipinski definition) is 3. The van der Waals surface area contributed by atoms with Gasteiger partial charge in [0.1, 0.15) is 0 Å². The van der Waals surface area contributed by atoms with Gasteiger partial charge >= 0.3 is 0 Å². The molecule has 2 aromatic rings. The largest absolute Gasteiger partial charge is 0.354 e. The van der Waals surface area contributed by atoms with Crippen LogP contribution < -0.4 is 5.32 Å². The maximum atomic E-state index is 12.2. The highest BCUT2D eigenvalue weighted by molar-refractivity contribution is 5.89. The number of nitrogens with zero attached hydrogens (tertiary/aromatic N) is 3. The second kappa shape index (κ2) is 7.29. The molecule has 0 bridgehead atoms. The predicted molar refractivity (Wildman–Crippen MR) is 89.9 cm³/mol. The van der Waals surface area contributed by atoms with Gasteiger partial charge in [-0.2, -0.15) is 0 Å². The van der Waals surface area contributed by atoms with E-state index in [1.165, 1.54) is 5.56 Å². The molecule has 1 saturated heterocycles. The first-order chi connectivity index (χ1) is 11.6. The highest BCUT2D eigenvalue weighted by atomic mass is 16.2. The number of carbonyl (C=O) groups excluding carboxylic acids is 2. The van der Waals surface area contributed by atoms with Crippen molar-refractivity contribution >= 4 is 11.8 Å². The Labute approximate surface area is 141 Å². The minimum absolute atomic E-state index is 0.0464. The van der Waals surface area contributed by atoms with Crippen LogP contribution in [0.4, 0.5) is 0 Å². The van der Waals surface area contributed by atoms with Gasteiger partial charge in [0.05, 0.1) is 12.2 Å². The Bertz CT molecular complexity index is 694. The smallest absolute Gasteiger partial charge is 0.225 e. The summed E-state index contributed by atoms with van der Waals surface area (Å²) in [5.74, 6) is -0.258. The molecular weight excluding hydrogens is 304 g/mol. The van der Waals surface area contributed by atoms with Crippen LogP contribution in [0.3, 0.4) is 0 Å². The summed E-state index contributed by atoms with van der Waals surface area (Å²) < 4.78 is 1.91. The lowest BCUT2D eigenvalue weighted by Crippen LogP contribution is -2.34. The summed E-state index contributed by atoms with van der Waals surface area (Å²) in [7, 11) is 0. The number of imidazole rings is 1. The van der Waals surface area contributed by atoms with E-state index in [2.05, 4.69) is 10.3 Å². The zero-order valence-electron chi connectivity index (χ0n) is 13.8. The minimum atomic E-state index is -0.259. The summed E-state index contributed by atoms with van der Waals surface area (Å²) in [6, 6.07) is 8.13. The van der Waals surface area contributed by atoms with Crippen LogP contribution >= 0.6 is 0 Å². The van der Waals surface area contributed by atoms with Gasteiger partial charge < -0.3 is 14.8 Å². The summed E-state index contributed by atoms with van der Waals surface area (Å²) in [4.78, 5) is 30.1. The van der Waals surface area contributed by atoms with Crippen LogP contribution in [0.2, 0.25) is 0 Å². The Morgan fingerprint density at radius 1 is 1.33 bits per heavy atom. The third-order valence-corrected chi connectivity index (χ3v) is 4.31. The molecule has 0 aliphatic carbocycles. The van der Waals surface area contributed by atoms with Crippen LogP contribution in [0.5, 0.6) is 0 Å². The Hall–Kier alpha value is -2.63. The number of likely N-dealkylation sites (tertiary alicyclic amines) is 1. The first kappa shape index (κ1) is 16.2. The molecule has 1 unspecified atom stereocenters. The summed E-state index contributed by atoms with van der Waals surface area (Å²) in [6.07, 6.45) is 5.58. The van der Waals surface area contributed by atoms with E-state index in [0.29, 0.717) is 32.6 Å². The molecule has 3 rings (SSSR count). The van der Waals surface area contributed by atoms with Gasteiger partial charge in [0, 0.05) is 45.0 Å². The second-order valence-corrected chi connectivity index (χ2v) is 6.25. The van der Waals surface area contributed by atoms with E-state index in [-0.39, 0.29) is 17.7 Å². The van der Waals surface area contributed by atoms with E-state index in [0.717, 1.165) is 5.56 Å². The van der Waals surface area contributed by atoms with Crippen molar-refractivity contribution < 1.29 is 9.59 Å². The molecular formula is C18H22N4O2. The topological polar surface area (TPSA) is 67.2 Å². The van der Waals surface area contributed by atoms with Crippen molar-refractivity contribution in [2.75, 3.05) is 13.1 Å². The van der Waals surface area contributed by atoms with Crippen molar-refractivity contribution in [2.24, 2.45) is 5.92 Å². The Kier molecular flexibility index (Phi) is 4.93. The fraction of sp³-hybridized carbons (Fsp3) is 0.389. The molecule has 1 fully saturated rings. The zero-order chi connectivity index (χ0) is 16.9. The first-order valence-electron chi connectivity index (χ1n) is 8.18. The molecule has 2 heterocycles. The third-order valence-electron chi connectivity index (χ3n) is 4.31. The lowest BCUT2D eigenvalue weighted by molar-refractivity contribution is -0.129. The fourth-order valence-corrected chi connectivity index (χ4v) is 2.89. The molecule has 1 atom stereocenters. The van der Waals surface area contributed by atoms with E-state index >= 15 is 0 Å². The monoisotopic (exact) mass is 326 g/mol. The number of amides is 2. The van der Waals surface area contributed by atoms with Crippen LogP contribution in [-0.2, 0) is 22.7 Å². The van der Waals surface area contributed by atoms with E-state index in [9.17, 15) is 9.59 Å². The standard InChI is InChI=1S/C18H22N4O2/c1-14-2-4-15(5-3-14)11-22-12-16(10-17(22)23)18(24)20-7-9-21-8-6-19-13-21/h2-6,8,13,16H,7,9-12H2,1H3,(H,20,24). The zero-order valence-corrected chi connectivity index (χ0v) is 13.8. The molecule has 126 valence electrons. The molecule has 2 amide bonds. The van der Waals surface area contributed by atoms with E-state index in [4.69, 9.17) is 0 Å². The summed E-state index contributed by atoms with van der Waals surface area (Å²) >= 11 is 0. The van der Waals surface area contributed by atoms with Gasteiger partial charge in [-0.3, -0.25) is 9.59 Å². The molecule has 1 aromatic carbocycles. The minimum Gasteiger partial charge on any atom is -0.354 e. The Morgan fingerprint density at radius 3 is 2.83 bits per heavy atom. The number of aryl methyl sites for hydroxylation is 1. The van der Waals surface area contributed by atoms with Gasteiger partial charge in [-0.05, 0) is 12.5 Å². The molecule has 1 aliphatic heterocycles. The first-order valence-corrected chi connectivity index (χ1v) is 8.18. The van der Waals surface area contributed by atoms with Gasteiger partial charge in [0.2, 0.25) is 11.8 Å². The van der Waals surface area contributed by atoms with Gasteiger partial charge in [-0.25, -0.2) is 4.98 Å². The lowest BCUT2D eigenvalue weighted by Gasteiger charge is -2.17. The van der Waals surface area contributed by atoms with Crippen LogP contribution in [0.25, 0.3) is 0 Å². The van der Waals surface area contributed by atoms with Crippen molar-refractivity contribution in [1.82, 2.24) is 19.8 Å². The van der Waals surface area contributed by atoms with Crippen molar-refractivity contribution in [3.63, 3.8) is 0 Å². The number of benzene rings is 1. The van der Waals surface area contributed by atoms with E-state index < -0.39 is 0 Å². The fourth-order valence-electron chi connectivity index (χ4n) is 2.89. The van der Waals surface area contributed by atoms with Gasteiger partial charge in [-0.15, -0.1) is 0 Å². The molecule has 6 nitrogen and oxygen atoms in total. The maximum absolute atomic E-state index is 12.2. The predicted octanol–water partition coefficient (Wildman–Crippen LogP) is 1.36. The second-order valence-electron chi connectivity index (χ2n) is 6.25. The highest BCUT2D eigenvalue weighted by Gasteiger charge is 2.33. The molecule has 0 saturated carbocycles. The maximum Gasteiger partial charge on any atom is 0.225 e. The summed E-state index contributed by atoms with van der Waals surface area (Å²) in [5.41, 5.74) is 2.29. The molecule has 1 aromatic heterocycles. The number of hydrogen-bond donors (Lipinski definition) is 1. The van der Waals surface area contributed by atoms with Crippen LogP contribution in [0, 0.1) is 12.8 Å².